The van der Waals surface area contributed by atoms with Crippen molar-refractivity contribution in [2.24, 2.45) is 0 Å². The van der Waals surface area contributed by atoms with Crippen LogP contribution in [0.25, 0.3) is 10.2 Å². The molecule has 1 saturated heterocycles. The van der Waals surface area contributed by atoms with Crippen molar-refractivity contribution in [3.8, 4) is 5.75 Å². The minimum atomic E-state index is -0.0480. The highest BCUT2D eigenvalue weighted by Crippen LogP contribution is 2.34. The van der Waals surface area contributed by atoms with Gasteiger partial charge in [-0.2, -0.15) is 0 Å². The molecule has 1 atom stereocenters. The van der Waals surface area contributed by atoms with Gasteiger partial charge in [0.25, 0.3) is 5.91 Å². The molecule has 1 fully saturated rings. The molecular weight excluding hydrogens is 432 g/mol. The van der Waals surface area contributed by atoms with Crippen LogP contribution in [-0.4, -0.2) is 36.8 Å². The zero-order valence-electron chi connectivity index (χ0n) is 19.9. The Bertz CT molecular complexity index is 1050. The zero-order chi connectivity index (χ0) is 23.2. The molecule has 4 rings (SSSR count). The second kappa shape index (κ2) is 11.1. The molecule has 1 aliphatic heterocycles. The summed E-state index contributed by atoms with van der Waals surface area (Å²) in [5.74, 6) is 1.12. The van der Waals surface area contributed by atoms with Crippen molar-refractivity contribution >= 4 is 32.6 Å². The molecule has 176 valence electrons. The fourth-order valence-corrected chi connectivity index (χ4v) is 5.18. The van der Waals surface area contributed by atoms with E-state index in [4.69, 9.17) is 14.5 Å². The van der Waals surface area contributed by atoms with Crippen LogP contribution >= 0.6 is 11.3 Å². The molecule has 2 aromatic carbocycles. The van der Waals surface area contributed by atoms with Gasteiger partial charge in [-0.1, -0.05) is 57.1 Å². The van der Waals surface area contributed by atoms with E-state index in [1.54, 1.807) is 11.3 Å². The molecule has 0 bridgehead atoms. The lowest BCUT2D eigenvalue weighted by Crippen LogP contribution is -2.37. The van der Waals surface area contributed by atoms with E-state index in [2.05, 4.69) is 39.0 Å². The number of nitrogens with zero attached hydrogens (tertiary/aromatic N) is 2. The standard InChI is InChI=1S/C27H34N2O3S/c1-4-5-6-16-31-21-14-12-20(13-15-21)26(30)29(18-22-9-8-17-32-22)27-28-25-23(19(2)3)10-7-11-24(25)33-27/h7,10-15,19,22H,4-6,8-9,16-18H2,1-3H3. The van der Waals surface area contributed by atoms with Gasteiger partial charge >= 0.3 is 0 Å². The van der Waals surface area contributed by atoms with Crippen LogP contribution in [0.4, 0.5) is 5.13 Å². The summed E-state index contributed by atoms with van der Waals surface area (Å²) in [7, 11) is 0. The van der Waals surface area contributed by atoms with Crippen LogP contribution in [-0.2, 0) is 4.74 Å². The fourth-order valence-electron chi connectivity index (χ4n) is 4.17. The number of para-hydroxylation sites is 1. The highest BCUT2D eigenvalue weighted by Gasteiger charge is 2.27. The van der Waals surface area contributed by atoms with Crippen molar-refractivity contribution in [1.82, 2.24) is 4.98 Å². The van der Waals surface area contributed by atoms with E-state index in [9.17, 15) is 4.79 Å². The molecular formula is C27H34N2O3S. The number of rotatable bonds is 10. The number of thiazole rings is 1. The average molecular weight is 467 g/mol. The van der Waals surface area contributed by atoms with Crippen LogP contribution in [0.1, 0.15) is 74.7 Å². The summed E-state index contributed by atoms with van der Waals surface area (Å²) in [6.45, 7) is 8.51. The van der Waals surface area contributed by atoms with Crippen LogP contribution in [0.5, 0.6) is 5.75 Å². The Hall–Kier alpha value is -2.44. The Kier molecular flexibility index (Phi) is 7.99. The summed E-state index contributed by atoms with van der Waals surface area (Å²) in [6, 6.07) is 13.8. The Balaban J connectivity index is 1.58. The third kappa shape index (κ3) is 5.74. The van der Waals surface area contributed by atoms with Gasteiger partial charge in [-0.25, -0.2) is 4.98 Å². The summed E-state index contributed by atoms with van der Waals surface area (Å²) in [5, 5.41) is 0.735. The predicted molar refractivity (Wildman–Crippen MR) is 136 cm³/mol. The van der Waals surface area contributed by atoms with Crippen LogP contribution in [0.2, 0.25) is 0 Å². The Labute approximate surface area is 200 Å². The number of carbonyl (C=O) groups is 1. The molecule has 0 aliphatic carbocycles. The molecule has 2 heterocycles. The first kappa shape index (κ1) is 23.7. The second-order valence-electron chi connectivity index (χ2n) is 8.98. The van der Waals surface area contributed by atoms with Crippen LogP contribution < -0.4 is 9.64 Å². The number of carbonyl (C=O) groups excluding carboxylic acids is 1. The van der Waals surface area contributed by atoms with Gasteiger partial charge in [0.2, 0.25) is 0 Å². The van der Waals surface area contributed by atoms with Gasteiger partial charge in [0.15, 0.2) is 5.13 Å². The minimum absolute atomic E-state index is 0.0479. The molecule has 0 spiro atoms. The van der Waals surface area contributed by atoms with Gasteiger partial charge in [0.1, 0.15) is 5.75 Å². The third-order valence-electron chi connectivity index (χ3n) is 6.07. The Morgan fingerprint density at radius 3 is 2.73 bits per heavy atom. The van der Waals surface area contributed by atoms with E-state index >= 15 is 0 Å². The number of benzene rings is 2. The number of fused-ring (bicyclic) bond motifs is 1. The van der Waals surface area contributed by atoms with Gasteiger partial charge < -0.3 is 9.47 Å². The van der Waals surface area contributed by atoms with Crippen LogP contribution in [0.15, 0.2) is 42.5 Å². The van der Waals surface area contributed by atoms with Crippen molar-refractivity contribution in [3.05, 3.63) is 53.6 Å². The molecule has 1 amide bonds. The van der Waals surface area contributed by atoms with E-state index in [0.29, 0.717) is 24.6 Å². The SMILES string of the molecule is CCCCCOc1ccc(C(=O)N(CC2CCCO2)c2nc3c(C(C)C)cccc3s2)cc1. The fraction of sp³-hybridized carbons (Fsp3) is 0.481. The quantitative estimate of drug-likeness (QED) is 0.308. The second-order valence-corrected chi connectivity index (χ2v) is 9.98. The first-order valence-electron chi connectivity index (χ1n) is 12.1. The minimum Gasteiger partial charge on any atom is -0.494 e. The molecule has 5 nitrogen and oxygen atoms in total. The summed E-state index contributed by atoms with van der Waals surface area (Å²) < 4.78 is 12.8. The maximum Gasteiger partial charge on any atom is 0.260 e. The van der Waals surface area contributed by atoms with E-state index in [0.717, 1.165) is 53.4 Å². The van der Waals surface area contributed by atoms with Crippen molar-refractivity contribution in [1.29, 1.82) is 0 Å². The molecule has 3 aromatic rings. The van der Waals surface area contributed by atoms with Gasteiger partial charge in [-0.15, -0.1) is 0 Å². The van der Waals surface area contributed by atoms with Gasteiger partial charge in [-0.3, -0.25) is 9.69 Å². The molecule has 6 heteroatoms. The van der Waals surface area contributed by atoms with Gasteiger partial charge in [0, 0.05) is 12.2 Å². The number of anilines is 1. The number of aromatic nitrogens is 1. The largest absolute Gasteiger partial charge is 0.494 e. The first-order valence-corrected chi connectivity index (χ1v) is 12.9. The van der Waals surface area contributed by atoms with Gasteiger partial charge in [0.05, 0.1) is 29.5 Å². The normalized spacial score (nSPS) is 15.9. The molecule has 0 saturated carbocycles. The topological polar surface area (TPSA) is 51.7 Å². The summed E-state index contributed by atoms with van der Waals surface area (Å²) in [4.78, 5) is 20.4. The monoisotopic (exact) mass is 466 g/mol. The maximum atomic E-state index is 13.6. The lowest BCUT2D eigenvalue weighted by molar-refractivity contribution is 0.0917. The van der Waals surface area contributed by atoms with E-state index in [1.165, 1.54) is 12.0 Å². The zero-order valence-corrected chi connectivity index (χ0v) is 20.7. The lowest BCUT2D eigenvalue weighted by atomic mass is 10.0. The predicted octanol–water partition coefficient (Wildman–Crippen LogP) is 6.81. The number of unbranched alkanes of at least 4 members (excludes halogenated alkanes) is 2. The molecule has 33 heavy (non-hydrogen) atoms. The number of ether oxygens (including phenoxy) is 2. The number of hydrogen-bond donors (Lipinski definition) is 0. The third-order valence-corrected chi connectivity index (χ3v) is 7.11. The maximum absolute atomic E-state index is 13.6. The van der Waals surface area contributed by atoms with Crippen molar-refractivity contribution in [2.75, 3.05) is 24.7 Å². The van der Waals surface area contributed by atoms with E-state index in [1.807, 2.05) is 29.2 Å². The smallest absolute Gasteiger partial charge is 0.260 e. The van der Waals surface area contributed by atoms with Crippen LogP contribution in [0.3, 0.4) is 0 Å². The average Bonchev–Trinajstić information content (AvgIpc) is 3.49. The van der Waals surface area contributed by atoms with E-state index in [-0.39, 0.29) is 12.0 Å². The number of hydrogen-bond acceptors (Lipinski definition) is 5. The van der Waals surface area contributed by atoms with E-state index < -0.39 is 0 Å². The number of amides is 1. The highest BCUT2D eigenvalue weighted by molar-refractivity contribution is 7.22. The Morgan fingerprint density at radius 1 is 1.21 bits per heavy atom. The Morgan fingerprint density at radius 2 is 2.03 bits per heavy atom. The summed E-state index contributed by atoms with van der Waals surface area (Å²) >= 11 is 1.58. The summed E-state index contributed by atoms with van der Waals surface area (Å²) in [5.41, 5.74) is 2.84. The van der Waals surface area contributed by atoms with Crippen molar-refractivity contribution in [3.63, 3.8) is 0 Å². The molecule has 0 radical (unpaired) electrons. The summed E-state index contributed by atoms with van der Waals surface area (Å²) in [6.07, 6.45) is 5.43. The van der Waals surface area contributed by atoms with Crippen molar-refractivity contribution in [2.45, 2.75) is 64.9 Å². The van der Waals surface area contributed by atoms with Crippen molar-refractivity contribution < 1.29 is 14.3 Å². The molecule has 1 aromatic heterocycles. The molecule has 1 unspecified atom stereocenters. The first-order chi connectivity index (χ1) is 16.1. The molecule has 0 N–H and O–H groups in total. The molecule has 1 aliphatic rings. The lowest BCUT2D eigenvalue weighted by Gasteiger charge is -2.23. The highest BCUT2D eigenvalue weighted by atomic mass is 32.1. The van der Waals surface area contributed by atoms with Crippen LogP contribution in [0, 0.1) is 0 Å². The van der Waals surface area contributed by atoms with Gasteiger partial charge in [-0.05, 0) is 61.1 Å².